The molecular weight excluding hydrogens is 574 g/mol. The molecule has 0 saturated heterocycles. The van der Waals surface area contributed by atoms with Crippen LogP contribution in [0.5, 0.6) is 0 Å². The first-order valence-corrected chi connectivity index (χ1v) is 16.7. The number of para-hydroxylation sites is 1. The molecule has 1 aromatic carbocycles. The highest BCUT2D eigenvalue weighted by Crippen LogP contribution is 2.56. The van der Waals surface area contributed by atoms with Gasteiger partial charge in [-0.05, 0) is 86.5 Å². The van der Waals surface area contributed by atoms with Crippen molar-refractivity contribution in [2.24, 2.45) is 17.8 Å². The fourth-order valence-corrected chi connectivity index (χ4v) is 10.2. The number of alkyl halides is 1. The van der Waals surface area contributed by atoms with Crippen LogP contribution in [-0.2, 0) is 30.8 Å². The maximum atomic E-state index is 13.7. The number of allylic oxidation sites excluding steroid dienone is 2. The van der Waals surface area contributed by atoms with E-state index >= 15 is 0 Å². The molecular formula is C32H38ClN3O5S. The number of methoxy groups -OCH3 is 1. The molecule has 1 amide bonds. The van der Waals surface area contributed by atoms with Gasteiger partial charge in [-0.2, -0.15) is 0 Å². The highest BCUT2D eigenvalue weighted by molar-refractivity contribution is 7.93. The number of halogens is 1. The van der Waals surface area contributed by atoms with Crippen molar-refractivity contribution in [1.82, 2.24) is 14.6 Å². The summed E-state index contributed by atoms with van der Waals surface area (Å²) in [5.41, 5.74) is 2.55. The summed E-state index contributed by atoms with van der Waals surface area (Å²) in [6.07, 6.45) is 11.4. The number of aromatic nitrogens is 1. The molecule has 224 valence electrons. The number of benzene rings is 1. The molecule has 4 saturated carbocycles. The predicted octanol–water partition coefficient (Wildman–Crippen LogP) is 5.28. The van der Waals surface area contributed by atoms with Gasteiger partial charge in [0.15, 0.2) is 0 Å². The Bertz CT molecular complexity index is 1570. The second-order valence-electron chi connectivity index (χ2n) is 12.5. The third kappa shape index (κ3) is 5.03. The molecule has 2 N–H and O–H groups in total. The summed E-state index contributed by atoms with van der Waals surface area (Å²) in [5.74, 6) is 0.482. The van der Waals surface area contributed by atoms with E-state index in [9.17, 15) is 18.0 Å². The number of nitrogens with one attached hydrogen (secondary N) is 2. The molecule has 2 aromatic rings. The van der Waals surface area contributed by atoms with Crippen LogP contribution < -0.4 is 4.72 Å². The van der Waals surface area contributed by atoms with Crippen LogP contribution in [0, 0.1) is 17.8 Å². The molecule has 4 fully saturated rings. The van der Waals surface area contributed by atoms with Crippen LogP contribution in [0.1, 0.15) is 62.7 Å². The summed E-state index contributed by atoms with van der Waals surface area (Å²) in [6, 6.07) is 6.05. The molecule has 2 heterocycles. The van der Waals surface area contributed by atoms with Crippen molar-refractivity contribution in [2.45, 2.75) is 69.5 Å². The number of hydrogen-bond acceptors (Lipinski definition) is 5. The van der Waals surface area contributed by atoms with E-state index in [-0.39, 0.29) is 22.7 Å². The lowest BCUT2D eigenvalue weighted by Crippen LogP contribution is -2.59. The quantitative estimate of drug-likeness (QED) is 0.240. The first-order valence-electron chi connectivity index (χ1n) is 14.7. The molecule has 0 unspecified atom stereocenters. The SMILES string of the molecule is C=C(/C=C\C(=C/C)S(=O)(=O)N[C@]12C[C@H]3C[C@H](C[C@H](C3)C1)C2)[C@H]1c2[nH]c3ccccc3c2C[C@H](C(=O)OC)N1C(=O)CCl. The van der Waals surface area contributed by atoms with E-state index < -0.39 is 34.0 Å². The largest absolute Gasteiger partial charge is 0.467 e. The average molecular weight is 612 g/mol. The lowest BCUT2D eigenvalue weighted by atomic mass is 9.53. The molecule has 0 radical (unpaired) electrons. The summed E-state index contributed by atoms with van der Waals surface area (Å²) >= 11 is 6.03. The zero-order valence-corrected chi connectivity index (χ0v) is 25.6. The molecule has 1 aliphatic heterocycles. The van der Waals surface area contributed by atoms with E-state index in [1.807, 2.05) is 24.3 Å². The summed E-state index contributed by atoms with van der Waals surface area (Å²) in [6.45, 7) is 5.97. The molecule has 4 bridgehead atoms. The topological polar surface area (TPSA) is 109 Å². The summed E-state index contributed by atoms with van der Waals surface area (Å²) < 4.78 is 35.7. The first-order chi connectivity index (χ1) is 20.1. The van der Waals surface area contributed by atoms with E-state index in [1.165, 1.54) is 31.3 Å². The van der Waals surface area contributed by atoms with Crippen LogP contribution in [0.4, 0.5) is 0 Å². The Morgan fingerprint density at radius 1 is 1.14 bits per heavy atom. The van der Waals surface area contributed by atoms with Crippen LogP contribution in [0.3, 0.4) is 0 Å². The molecule has 8 nitrogen and oxygen atoms in total. The third-order valence-corrected chi connectivity index (χ3v) is 11.7. The van der Waals surface area contributed by atoms with Gasteiger partial charge in [-0.1, -0.05) is 36.9 Å². The standard InChI is InChI=1S/C32H38ClN3O5S/c1-4-23(42(39,40)35-32-15-20-11-21(16-32)13-22(12-20)17-32)10-9-19(2)30-29-25(24-7-5-6-8-26(24)34-29)14-27(31(38)41-3)36(30)28(37)18-33/h4-10,20-22,27,30,34-35H,2,11-18H2,1,3H3/b10-9-,23-4+/t20-,21+,22-,27-,30+,32-/m1/s1. The van der Waals surface area contributed by atoms with E-state index in [2.05, 4.69) is 16.3 Å². The lowest BCUT2D eigenvalue weighted by molar-refractivity contribution is -0.154. The molecule has 4 aliphatic carbocycles. The molecule has 5 aliphatic rings. The molecule has 42 heavy (non-hydrogen) atoms. The number of H-pyrrole nitrogens is 1. The number of sulfonamides is 1. The van der Waals surface area contributed by atoms with Gasteiger partial charge in [-0.15, -0.1) is 11.6 Å². The highest BCUT2D eigenvalue weighted by atomic mass is 35.5. The van der Waals surface area contributed by atoms with Crippen LogP contribution >= 0.6 is 11.6 Å². The van der Waals surface area contributed by atoms with Crippen LogP contribution in [0.15, 0.2) is 59.6 Å². The predicted molar refractivity (Wildman–Crippen MR) is 163 cm³/mol. The van der Waals surface area contributed by atoms with Gasteiger partial charge in [0, 0.05) is 28.6 Å². The molecule has 1 aromatic heterocycles. The Hall–Kier alpha value is -2.88. The molecule has 2 atom stereocenters. The number of aromatic amines is 1. The number of nitrogens with zero attached hydrogens (tertiary/aromatic N) is 1. The maximum absolute atomic E-state index is 13.7. The van der Waals surface area contributed by atoms with Crippen molar-refractivity contribution < 1.29 is 22.7 Å². The van der Waals surface area contributed by atoms with Crippen molar-refractivity contribution >= 4 is 44.4 Å². The van der Waals surface area contributed by atoms with Gasteiger partial charge in [0.2, 0.25) is 15.9 Å². The molecule has 0 spiro atoms. The third-order valence-electron chi connectivity index (χ3n) is 9.80. The van der Waals surface area contributed by atoms with Gasteiger partial charge in [0.05, 0.1) is 18.1 Å². The van der Waals surface area contributed by atoms with Gasteiger partial charge in [-0.3, -0.25) is 4.79 Å². The normalized spacial score (nSPS) is 30.6. The number of amides is 1. The monoisotopic (exact) mass is 611 g/mol. The van der Waals surface area contributed by atoms with Crippen LogP contribution in [0.25, 0.3) is 10.9 Å². The van der Waals surface area contributed by atoms with E-state index in [4.69, 9.17) is 16.3 Å². The summed E-state index contributed by atoms with van der Waals surface area (Å²) in [5, 5.41) is 0.942. The smallest absolute Gasteiger partial charge is 0.328 e. The van der Waals surface area contributed by atoms with Crippen LogP contribution in [0.2, 0.25) is 0 Å². The minimum atomic E-state index is -3.81. The summed E-state index contributed by atoms with van der Waals surface area (Å²) in [4.78, 5) is 31.2. The summed E-state index contributed by atoms with van der Waals surface area (Å²) in [7, 11) is -2.51. The van der Waals surface area contributed by atoms with Crippen molar-refractivity contribution in [3.05, 3.63) is 70.8 Å². The minimum absolute atomic E-state index is 0.145. The Morgan fingerprint density at radius 3 is 2.38 bits per heavy atom. The number of carbonyl (C=O) groups excluding carboxylic acids is 2. The zero-order chi connectivity index (χ0) is 29.8. The van der Waals surface area contributed by atoms with Crippen molar-refractivity contribution in [3.63, 3.8) is 0 Å². The number of hydrogen-bond donors (Lipinski definition) is 2. The fraction of sp³-hybridized carbons (Fsp3) is 0.500. The van der Waals surface area contributed by atoms with Gasteiger partial charge in [0.25, 0.3) is 0 Å². The maximum Gasteiger partial charge on any atom is 0.328 e. The zero-order valence-electron chi connectivity index (χ0n) is 24.1. The Kier molecular flexibility index (Phi) is 7.64. The Labute approximate surface area is 252 Å². The highest BCUT2D eigenvalue weighted by Gasteiger charge is 2.52. The molecule has 7 rings (SSSR count). The van der Waals surface area contributed by atoms with E-state index in [0.29, 0.717) is 23.3 Å². The Morgan fingerprint density at radius 2 is 1.79 bits per heavy atom. The number of carbonyl (C=O) groups is 2. The van der Waals surface area contributed by atoms with Crippen molar-refractivity contribution in [1.29, 1.82) is 0 Å². The second-order valence-corrected chi connectivity index (χ2v) is 14.5. The van der Waals surface area contributed by atoms with E-state index in [1.54, 1.807) is 25.2 Å². The minimum Gasteiger partial charge on any atom is -0.467 e. The Balaban J connectivity index is 1.33. The lowest BCUT2D eigenvalue weighted by Gasteiger charge is -2.56. The number of ether oxygens (including phenoxy) is 1. The van der Waals surface area contributed by atoms with Gasteiger partial charge in [-0.25, -0.2) is 17.9 Å². The van der Waals surface area contributed by atoms with Gasteiger partial charge < -0.3 is 14.6 Å². The van der Waals surface area contributed by atoms with E-state index in [0.717, 1.165) is 41.4 Å². The number of fused-ring (bicyclic) bond motifs is 3. The first kappa shape index (κ1) is 29.2. The second kappa shape index (κ2) is 11.0. The number of rotatable bonds is 8. The number of esters is 1. The average Bonchev–Trinajstić information content (AvgIpc) is 3.32. The van der Waals surface area contributed by atoms with Gasteiger partial charge in [0.1, 0.15) is 11.9 Å². The van der Waals surface area contributed by atoms with Gasteiger partial charge >= 0.3 is 5.97 Å². The fourth-order valence-electron chi connectivity index (χ4n) is 8.57. The molecule has 10 heteroatoms. The van der Waals surface area contributed by atoms with Crippen molar-refractivity contribution in [3.8, 4) is 0 Å². The van der Waals surface area contributed by atoms with Crippen molar-refractivity contribution in [2.75, 3.05) is 13.0 Å². The van der Waals surface area contributed by atoms with Crippen LogP contribution in [-0.4, -0.2) is 54.7 Å².